The number of alkyl halides is 4. The number of rotatable bonds is 3. The average Bonchev–Trinajstić information content (AvgIpc) is 2.37. The summed E-state index contributed by atoms with van der Waals surface area (Å²) in [6, 6.07) is 3.08. The summed E-state index contributed by atoms with van der Waals surface area (Å²) in [6.07, 6.45) is -4.02. The molecule has 1 heterocycles. The fourth-order valence-corrected chi connectivity index (χ4v) is 1.68. The molecule has 0 radical (unpaired) electrons. The van der Waals surface area contributed by atoms with Crippen molar-refractivity contribution in [3.8, 4) is 0 Å². The molecule has 1 aromatic carbocycles. The van der Waals surface area contributed by atoms with Gasteiger partial charge in [-0.1, -0.05) is 11.6 Å². The van der Waals surface area contributed by atoms with Gasteiger partial charge in [-0.2, -0.15) is 8.78 Å². The van der Waals surface area contributed by atoms with E-state index >= 15 is 0 Å². The summed E-state index contributed by atoms with van der Waals surface area (Å²) in [5.74, 6) is -6.08. The van der Waals surface area contributed by atoms with Gasteiger partial charge in [0.15, 0.2) is 0 Å². The highest BCUT2D eigenvalue weighted by atomic mass is 35.5. The van der Waals surface area contributed by atoms with E-state index in [1.165, 1.54) is 0 Å². The van der Waals surface area contributed by atoms with Crippen molar-refractivity contribution in [1.29, 1.82) is 0 Å². The number of nitro benzene ring substituents is 1. The molecule has 0 unspecified atom stereocenters. The first-order chi connectivity index (χ1) is 9.23. The molecule has 10 heteroatoms. The summed E-state index contributed by atoms with van der Waals surface area (Å²) in [5.41, 5.74) is -0.742. The molecule has 0 aliphatic rings. The largest absolute Gasteiger partial charge is 0.365 e. The highest BCUT2D eigenvalue weighted by molar-refractivity contribution is 6.34. The van der Waals surface area contributed by atoms with E-state index in [-0.39, 0.29) is 10.9 Å². The van der Waals surface area contributed by atoms with Crippen LogP contribution in [0.4, 0.5) is 23.2 Å². The molecule has 0 spiro atoms. The second-order valence-electron chi connectivity index (χ2n) is 3.72. The van der Waals surface area contributed by atoms with E-state index in [9.17, 15) is 27.7 Å². The zero-order chi connectivity index (χ0) is 15.1. The van der Waals surface area contributed by atoms with Crippen LogP contribution in [0.1, 0.15) is 5.82 Å². The molecule has 0 N–H and O–H groups in total. The first-order valence-corrected chi connectivity index (χ1v) is 5.39. The second-order valence-corrected chi connectivity index (χ2v) is 4.08. The van der Waals surface area contributed by atoms with Gasteiger partial charge in [-0.25, -0.2) is 18.7 Å². The standard InChI is InChI=1S/C10H4ClF4N3O2/c11-7-5-2-1-4(18(19)20)3-6(5)16-9(17-7)10(14,15)8(12)13/h1-3,8H. The van der Waals surface area contributed by atoms with Gasteiger partial charge in [0.25, 0.3) is 5.69 Å². The molecule has 0 bridgehead atoms. The lowest BCUT2D eigenvalue weighted by molar-refractivity contribution is -0.384. The zero-order valence-electron chi connectivity index (χ0n) is 9.36. The SMILES string of the molecule is O=[N+]([O-])c1ccc2c(Cl)nc(C(F)(F)C(F)F)nc2c1. The van der Waals surface area contributed by atoms with Crippen molar-refractivity contribution in [2.75, 3.05) is 0 Å². The molecule has 5 nitrogen and oxygen atoms in total. The second kappa shape index (κ2) is 4.82. The van der Waals surface area contributed by atoms with Gasteiger partial charge in [0.2, 0.25) is 5.82 Å². The molecule has 0 fully saturated rings. The number of hydrogen-bond acceptors (Lipinski definition) is 4. The van der Waals surface area contributed by atoms with Gasteiger partial charge in [0, 0.05) is 17.5 Å². The summed E-state index contributed by atoms with van der Waals surface area (Å²) in [6.45, 7) is 0. The number of benzene rings is 1. The van der Waals surface area contributed by atoms with Crippen LogP contribution >= 0.6 is 11.6 Å². The highest BCUT2D eigenvalue weighted by Crippen LogP contribution is 2.34. The third-order valence-electron chi connectivity index (χ3n) is 2.42. The summed E-state index contributed by atoms with van der Waals surface area (Å²) >= 11 is 5.61. The third-order valence-corrected chi connectivity index (χ3v) is 2.71. The first-order valence-electron chi connectivity index (χ1n) is 5.01. The van der Waals surface area contributed by atoms with Crippen LogP contribution < -0.4 is 0 Å². The van der Waals surface area contributed by atoms with E-state index in [2.05, 4.69) is 9.97 Å². The summed E-state index contributed by atoms with van der Waals surface area (Å²) in [4.78, 5) is 16.2. The average molecular weight is 310 g/mol. The molecular weight excluding hydrogens is 306 g/mol. The van der Waals surface area contributed by atoms with Gasteiger partial charge < -0.3 is 0 Å². The summed E-state index contributed by atoms with van der Waals surface area (Å²) < 4.78 is 50.9. The van der Waals surface area contributed by atoms with Crippen molar-refractivity contribution >= 4 is 28.2 Å². The van der Waals surface area contributed by atoms with Gasteiger partial charge in [-0.3, -0.25) is 10.1 Å². The maximum Gasteiger partial charge on any atom is 0.365 e. The molecule has 106 valence electrons. The summed E-state index contributed by atoms with van der Waals surface area (Å²) in [7, 11) is 0. The number of aromatic nitrogens is 2. The molecule has 0 atom stereocenters. The van der Waals surface area contributed by atoms with Crippen molar-refractivity contribution in [2.24, 2.45) is 0 Å². The van der Waals surface area contributed by atoms with Gasteiger partial charge in [0.05, 0.1) is 10.4 Å². The Kier molecular flexibility index (Phi) is 3.46. The lowest BCUT2D eigenvalue weighted by Crippen LogP contribution is -2.26. The molecule has 20 heavy (non-hydrogen) atoms. The predicted molar refractivity (Wildman–Crippen MR) is 61.1 cm³/mol. The quantitative estimate of drug-likeness (QED) is 0.376. The van der Waals surface area contributed by atoms with Crippen molar-refractivity contribution < 1.29 is 22.5 Å². The Morgan fingerprint density at radius 2 is 1.95 bits per heavy atom. The van der Waals surface area contributed by atoms with Crippen molar-refractivity contribution in [3.63, 3.8) is 0 Å². The number of hydrogen-bond donors (Lipinski definition) is 0. The molecular formula is C10H4ClF4N3O2. The van der Waals surface area contributed by atoms with Crippen molar-refractivity contribution in [3.05, 3.63) is 39.3 Å². The van der Waals surface area contributed by atoms with Gasteiger partial charge in [0.1, 0.15) is 5.15 Å². The number of fused-ring (bicyclic) bond motifs is 1. The fourth-order valence-electron chi connectivity index (χ4n) is 1.44. The third kappa shape index (κ3) is 2.36. The maximum atomic E-state index is 13.2. The molecule has 2 rings (SSSR count). The Balaban J connectivity index is 2.69. The smallest absolute Gasteiger partial charge is 0.258 e. The van der Waals surface area contributed by atoms with E-state index in [4.69, 9.17) is 11.6 Å². The van der Waals surface area contributed by atoms with Crippen molar-refractivity contribution in [1.82, 2.24) is 9.97 Å². The number of nitrogens with zero attached hydrogens (tertiary/aromatic N) is 3. The van der Waals surface area contributed by atoms with Crippen LogP contribution in [-0.4, -0.2) is 21.3 Å². The number of nitro groups is 1. The molecule has 0 saturated heterocycles. The molecule has 0 aliphatic carbocycles. The van der Waals surface area contributed by atoms with Crippen LogP contribution in [0.2, 0.25) is 5.15 Å². The van der Waals surface area contributed by atoms with Crippen LogP contribution in [-0.2, 0) is 5.92 Å². The maximum absolute atomic E-state index is 13.2. The van der Waals surface area contributed by atoms with Crippen LogP contribution in [0.25, 0.3) is 10.9 Å². The predicted octanol–water partition coefficient (Wildman–Crippen LogP) is 3.55. The minimum atomic E-state index is -4.59. The Morgan fingerprint density at radius 3 is 2.50 bits per heavy atom. The van der Waals surface area contributed by atoms with E-state index in [0.29, 0.717) is 0 Å². The lowest BCUT2D eigenvalue weighted by Gasteiger charge is -2.14. The van der Waals surface area contributed by atoms with Gasteiger partial charge in [-0.05, 0) is 6.07 Å². The van der Waals surface area contributed by atoms with Crippen LogP contribution in [0.5, 0.6) is 0 Å². The minimum Gasteiger partial charge on any atom is -0.258 e. The fraction of sp³-hybridized carbons (Fsp3) is 0.200. The lowest BCUT2D eigenvalue weighted by atomic mass is 10.2. The zero-order valence-corrected chi connectivity index (χ0v) is 10.1. The Morgan fingerprint density at radius 1 is 1.30 bits per heavy atom. The van der Waals surface area contributed by atoms with E-state index in [1.807, 2.05) is 0 Å². The van der Waals surface area contributed by atoms with Gasteiger partial charge in [-0.15, -0.1) is 0 Å². The summed E-state index contributed by atoms with van der Waals surface area (Å²) in [5, 5.41) is 10.1. The molecule has 0 saturated carbocycles. The van der Waals surface area contributed by atoms with Crippen LogP contribution in [0.15, 0.2) is 18.2 Å². The monoisotopic (exact) mass is 309 g/mol. The van der Waals surface area contributed by atoms with Crippen LogP contribution in [0.3, 0.4) is 0 Å². The molecule has 2 aromatic rings. The van der Waals surface area contributed by atoms with E-state index < -0.39 is 33.9 Å². The molecule has 1 aromatic heterocycles. The molecule has 0 amide bonds. The first kappa shape index (κ1) is 14.4. The van der Waals surface area contributed by atoms with Crippen molar-refractivity contribution in [2.45, 2.75) is 12.3 Å². The van der Waals surface area contributed by atoms with Gasteiger partial charge >= 0.3 is 12.3 Å². The Labute approximate surface area is 113 Å². The molecule has 0 aliphatic heterocycles. The van der Waals surface area contributed by atoms with E-state index in [1.54, 1.807) is 0 Å². The van der Waals surface area contributed by atoms with Crippen LogP contribution in [0, 0.1) is 10.1 Å². The normalized spacial score (nSPS) is 12.1. The van der Waals surface area contributed by atoms with E-state index in [0.717, 1.165) is 18.2 Å². The Bertz CT molecular complexity index is 696. The minimum absolute atomic E-state index is 0.0473. The highest BCUT2D eigenvalue weighted by Gasteiger charge is 2.46. The number of non-ortho nitro benzene ring substituents is 1. The number of halogens is 5. The topological polar surface area (TPSA) is 68.9 Å². The Hall–Kier alpha value is -2.03.